The summed E-state index contributed by atoms with van der Waals surface area (Å²) >= 11 is 5.69. The third-order valence-electron chi connectivity index (χ3n) is 2.50. The van der Waals surface area contributed by atoms with Gasteiger partial charge in [0.1, 0.15) is 0 Å². The lowest BCUT2D eigenvalue weighted by atomic mass is 10.1. The van der Waals surface area contributed by atoms with Crippen LogP contribution in [-0.4, -0.2) is 32.0 Å². The minimum Gasteiger partial charge on any atom is -0.351 e. The molecule has 0 fully saturated rings. The molecule has 1 aromatic carbocycles. The second-order valence-electron chi connectivity index (χ2n) is 4.20. The van der Waals surface area contributed by atoms with Crippen molar-refractivity contribution in [2.45, 2.75) is 24.6 Å². The summed E-state index contributed by atoms with van der Waals surface area (Å²) in [6.45, 7) is -0.233. The van der Waals surface area contributed by atoms with Gasteiger partial charge < -0.3 is 10.1 Å². The molecule has 0 bridgehead atoms. The van der Waals surface area contributed by atoms with Gasteiger partial charge in [0, 0.05) is 11.6 Å². The molecular formula is C12H12ClF6NO. The van der Waals surface area contributed by atoms with Gasteiger partial charge in [-0.3, -0.25) is 0 Å². The quantitative estimate of drug-likeness (QED) is 0.818. The zero-order chi connectivity index (χ0) is 16.3. The average molecular weight is 336 g/mol. The third kappa shape index (κ3) is 5.37. The minimum absolute atomic E-state index is 0.121. The third-order valence-corrected chi connectivity index (χ3v) is 2.74. The van der Waals surface area contributed by atoms with Crippen molar-refractivity contribution in [1.82, 2.24) is 5.32 Å². The number of nitrogens with one attached hydrogen (secondary N) is 1. The van der Waals surface area contributed by atoms with Crippen molar-refractivity contribution in [2.24, 2.45) is 0 Å². The van der Waals surface area contributed by atoms with Crippen LogP contribution >= 0.6 is 11.6 Å². The highest BCUT2D eigenvalue weighted by molar-refractivity contribution is 6.30. The first kappa shape index (κ1) is 18.1. The van der Waals surface area contributed by atoms with Crippen molar-refractivity contribution in [2.75, 3.05) is 13.6 Å². The monoisotopic (exact) mass is 335 g/mol. The van der Waals surface area contributed by atoms with Gasteiger partial charge in [-0.2, -0.15) is 26.3 Å². The second-order valence-corrected chi connectivity index (χ2v) is 4.64. The van der Waals surface area contributed by atoms with Crippen LogP contribution in [0.1, 0.15) is 11.7 Å². The number of rotatable bonds is 5. The maximum absolute atomic E-state index is 12.5. The Morgan fingerprint density at radius 3 is 2.14 bits per heavy atom. The SMILES string of the molecule is CNCC(OC(C(F)(F)F)C(F)(F)F)c1cccc(Cl)c1. The van der Waals surface area contributed by atoms with Crippen LogP contribution in [0.4, 0.5) is 26.3 Å². The predicted molar refractivity (Wildman–Crippen MR) is 65.1 cm³/mol. The van der Waals surface area contributed by atoms with E-state index < -0.39 is 24.6 Å². The standard InChI is InChI=1S/C12H12ClF6NO/c1-20-6-9(7-3-2-4-8(13)5-7)21-10(11(14,15)16)12(17,18)19/h2-5,9-10,20H,6H2,1H3. The minimum atomic E-state index is -5.55. The van der Waals surface area contributed by atoms with Crippen molar-refractivity contribution in [1.29, 1.82) is 0 Å². The normalized spacial score (nSPS) is 14.5. The van der Waals surface area contributed by atoms with Gasteiger partial charge in [0.2, 0.25) is 6.10 Å². The lowest BCUT2D eigenvalue weighted by Crippen LogP contribution is -2.46. The summed E-state index contributed by atoms with van der Waals surface area (Å²) in [5.41, 5.74) is 0.121. The van der Waals surface area contributed by atoms with E-state index in [1.54, 1.807) is 0 Å². The van der Waals surface area contributed by atoms with Crippen molar-refractivity contribution >= 4 is 11.6 Å². The maximum atomic E-state index is 12.5. The summed E-state index contributed by atoms with van der Waals surface area (Å²) in [7, 11) is 1.39. The molecule has 1 unspecified atom stereocenters. The van der Waals surface area contributed by atoms with Gasteiger partial charge in [-0.05, 0) is 24.7 Å². The second kappa shape index (κ2) is 6.85. The molecule has 21 heavy (non-hydrogen) atoms. The van der Waals surface area contributed by atoms with Gasteiger partial charge in [-0.1, -0.05) is 23.7 Å². The van der Waals surface area contributed by atoms with E-state index in [2.05, 4.69) is 10.1 Å². The van der Waals surface area contributed by atoms with E-state index in [0.717, 1.165) is 0 Å². The fourth-order valence-electron chi connectivity index (χ4n) is 1.64. The van der Waals surface area contributed by atoms with Crippen molar-refractivity contribution < 1.29 is 31.1 Å². The van der Waals surface area contributed by atoms with Crippen molar-refractivity contribution in [3.63, 3.8) is 0 Å². The number of hydrogen-bond donors (Lipinski definition) is 1. The van der Waals surface area contributed by atoms with E-state index in [9.17, 15) is 26.3 Å². The Morgan fingerprint density at radius 1 is 1.14 bits per heavy atom. The first-order valence-corrected chi connectivity index (χ1v) is 6.12. The number of benzene rings is 1. The molecule has 0 saturated carbocycles. The fraction of sp³-hybridized carbons (Fsp3) is 0.500. The molecule has 0 amide bonds. The van der Waals surface area contributed by atoms with Gasteiger partial charge >= 0.3 is 12.4 Å². The lowest BCUT2D eigenvalue weighted by Gasteiger charge is -2.28. The number of likely N-dealkylation sites (N-methyl/N-ethyl adjacent to an activating group) is 1. The van der Waals surface area contributed by atoms with Crippen LogP contribution in [0.3, 0.4) is 0 Å². The van der Waals surface area contributed by atoms with Gasteiger partial charge in [-0.25, -0.2) is 0 Å². The fourth-order valence-corrected chi connectivity index (χ4v) is 1.84. The molecule has 0 aliphatic carbocycles. The molecule has 1 atom stereocenters. The molecule has 0 spiro atoms. The average Bonchev–Trinajstić information content (AvgIpc) is 2.31. The summed E-state index contributed by atoms with van der Waals surface area (Å²) in [5.74, 6) is 0. The zero-order valence-electron chi connectivity index (χ0n) is 10.7. The molecule has 0 aliphatic rings. The van der Waals surface area contributed by atoms with E-state index in [1.165, 1.54) is 31.3 Å². The first-order valence-electron chi connectivity index (χ1n) is 5.74. The van der Waals surface area contributed by atoms with Crippen LogP contribution in [0.15, 0.2) is 24.3 Å². The molecule has 0 saturated heterocycles. The number of halogens is 7. The Morgan fingerprint density at radius 2 is 1.71 bits per heavy atom. The van der Waals surface area contributed by atoms with E-state index in [4.69, 9.17) is 11.6 Å². The Balaban J connectivity index is 3.06. The summed E-state index contributed by atoms with van der Waals surface area (Å²) in [6.07, 6.45) is -16.4. The molecule has 1 rings (SSSR count). The molecular weight excluding hydrogens is 324 g/mol. The van der Waals surface area contributed by atoms with Gasteiger partial charge in [0.15, 0.2) is 0 Å². The Labute approximate surface area is 122 Å². The molecule has 0 radical (unpaired) electrons. The maximum Gasteiger partial charge on any atom is 0.423 e. The van der Waals surface area contributed by atoms with Gasteiger partial charge in [-0.15, -0.1) is 0 Å². The van der Waals surface area contributed by atoms with Crippen LogP contribution < -0.4 is 5.32 Å². The number of ether oxygens (including phenoxy) is 1. The summed E-state index contributed by atoms with van der Waals surface area (Å²) < 4.78 is 79.4. The van der Waals surface area contributed by atoms with E-state index in [1.807, 2.05) is 0 Å². The lowest BCUT2D eigenvalue weighted by molar-refractivity contribution is -0.331. The molecule has 0 heterocycles. The van der Waals surface area contributed by atoms with E-state index in [-0.39, 0.29) is 17.1 Å². The Bertz CT molecular complexity index is 448. The van der Waals surface area contributed by atoms with E-state index in [0.29, 0.717) is 0 Å². The first-order chi connectivity index (χ1) is 9.55. The molecule has 1 N–H and O–H groups in total. The predicted octanol–water partition coefficient (Wildman–Crippen LogP) is 4.11. The molecule has 120 valence electrons. The molecule has 1 aromatic rings. The Hall–Kier alpha value is -0.990. The van der Waals surface area contributed by atoms with Crippen molar-refractivity contribution in [3.05, 3.63) is 34.9 Å². The smallest absolute Gasteiger partial charge is 0.351 e. The highest BCUT2D eigenvalue weighted by Crippen LogP contribution is 2.38. The van der Waals surface area contributed by atoms with Crippen LogP contribution in [0.2, 0.25) is 5.02 Å². The molecule has 0 aliphatic heterocycles. The summed E-state index contributed by atoms with van der Waals surface area (Å²) in [5, 5.41) is 2.68. The van der Waals surface area contributed by atoms with Crippen molar-refractivity contribution in [3.8, 4) is 0 Å². The molecule has 9 heteroatoms. The van der Waals surface area contributed by atoms with Gasteiger partial charge in [0.05, 0.1) is 6.10 Å². The summed E-state index contributed by atoms with van der Waals surface area (Å²) in [4.78, 5) is 0. The van der Waals surface area contributed by atoms with Crippen LogP contribution in [0.5, 0.6) is 0 Å². The van der Waals surface area contributed by atoms with Crippen LogP contribution in [0, 0.1) is 0 Å². The summed E-state index contributed by atoms with van der Waals surface area (Å²) in [6, 6.07) is 5.47. The largest absolute Gasteiger partial charge is 0.423 e. The van der Waals surface area contributed by atoms with Crippen LogP contribution in [-0.2, 0) is 4.74 Å². The molecule has 0 aromatic heterocycles. The number of hydrogen-bond acceptors (Lipinski definition) is 2. The zero-order valence-corrected chi connectivity index (χ0v) is 11.5. The highest BCUT2D eigenvalue weighted by Gasteiger charge is 2.58. The topological polar surface area (TPSA) is 21.3 Å². The van der Waals surface area contributed by atoms with Crippen LogP contribution in [0.25, 0.3) is 0 Å². The number of alkyl halides is 6. The Kier molecular flexibility index (Phi) is 5.89. The van der Waals surface area contributed by atoms with Gasteiger partial charge in [0.25, 0.3) is 0 Å². The highest BCUT2D eigenvalue weighted by atomic mass is 35.5. The molecule has 2 nitrogen and oxygen atoms in total. The van der Waals surface area contributed by atoms with E-state index >= 15 is 0 Å².